The van der Waals surface area contributed by atoms with Gasteiger partial charge in [0.05, 0.1) is 11.5 Å². The Balaban J connectivity index is 1.68. The van der Waals surface area contributed by atoms with Crippen LogP contribution in [0.5, 0.6) is 0 Å². The first-order chi connectivity index (χ1) is 9.05. The molecule has 1 aromatic carbocycles. The minimum Gasteiger partial charge on any atom is -0.338 e. The lowest BCUT2D eigenvalue weighted by atomic mass is 10.1. The maximum absolute atomic E-state index is 11.6. The molecule has 1 aliphatic rings. The summed E-state index contributed by atoms with van der Waals surface area (Å²) in [5.74, 6) is 0.476. The van der Waals surface area contributed by atoms with Crippen molar-refractivity contribution in [2.45, 2.75) is 13.0 Å². The van der Waals surface area contributed by atoms with Gasteiger partial charge in [-0.3, -0.25) is 0 Å². The summed E-state index contributed by atoms with van der Waals surface area (Å²) in [5.41, 5.74) is 1.03. The molecule has 1 heterocycles. The van der Waals surface area contributed by atoms with E-state index in [0.717, 1.165) is 5.56 Å². The average Bonchev–Trinajstić information content (AvgIpc) is 2.75. The summed E-state index contributed by atoms with van der Waals surface area (Å²) in [6, 6.07) is 9.36. The van der Waals surface area contributed by atoms with Gasteiger partial charge in [-0.2, -0.15) is 0 Å². The molecule has 0 saturated carbocycles. The Morgan fingerprint density at radius 1 is 1.21 bits per heavy atom. The fourth-order valence-corrected chi connectivity index (χ4v) is 3.97. The molecule has 5 nitrogen and oxygen atoms in total. The lowest BCUT2D eigenvalue weighted by molar-refractivity contribution is 0.239. The van der Waals surface area contributed by atoms with Crippen LogP contribution >= 0.6 is 0 Å². The predicted molar refractivity (Wildman–Crippen MR) is 73.4 cm³/mol. The number of hydrogen-bond donors (Lipinski definition) is 2. The average molecular weight is 282 g/mol. The van der Waals surface area contributed by atoms with Crippen LogP contribution in [-0.4, -0.2) is 32.5 Å². The van der Waals surface area contributed by atoms with E-state index in [1.807, 2.05) is 30.3 Å². The molecule has 1 saturated heterocycles. The van der Waals surface area contributed by atoms with Gasteiger partial charge in [-0.1, -0.05) is 30.3 Å². The lowest BCUT2D eigenvalue weighted by Gasteiger charge is -2.10. The van der Waals surface area contributed by atoms with E-state index in [0.29, 0.717) is 19.5 Å². The number of amides is 2. The van der Waals surface area contributed by atoms with Crippen molar-refractivity contribution in [3.05, 3.63) is 35.9 Å². The second-order valence-corrected chi connectivity index (χ2v) is 7.05. The third-order valence-electron chi connectivity index (χ3n) is 3.17. The highest BCUT2D eigenvalue weighted by Crippen LogP contribution is 2.17. The standard InChI is InChI=1S/C13H18N2O3S/c16-13(14-8-11-4-2-1-3-5-11)15-9-12-6-7-19(17,18)10-12/h1-5,12H,6-10H2,(H2,14,15,16). The van der Waals surface area contributed by atoms with Crippen LogP contribution in [0.4, 0.5) is 4.79 Å². The summed E-state index contributed by atoms with van der Waals surface area (Å²) in [5, 5.41) is 5.46. The minimum atomic E-state index is -2.87. The van der Waals surface area contributed by atoms with E-state index in [1.165, 1.54) is 0 Å². The van der Waals surface area contributed by atoms with Crippen molar-refractivity contribution in [3.63, 3.8) is 0 Å². The number of hydrogen-bond acceptors (Lipinski definition) is 3. The highest BCUT2D eigenvalue weighted by atomic mass is 32.2. The molecule has 6 heteroatoms. The van der Waals surface area contributed by atoms with E-state index in [1.54, 1.807) is 0 Å². The van der Waals surface area contributed by atoms with Crippen molar-refractivity contribution in [1.29, 1.82) is 0 Å². The SMILES string of the molecule is O=C(NCc1ccccc1)NCC1CCS(=O)(=O)C1. The first-order valence-corrected chi connectivity index (χ1v) is 8.13. The van der Waals surface area contributed by atoms with Crippen molar-refractivity contribution >= 4 is 15.9 Å². The molecule has 1 aliphatic heterocycles. The summed E-state index contributed by atoms with van der Waals surface area (Å²) in [7, 11) is -2.87. The topological polar surface area (TPSA) is 75.3 Å². The van der Waals surface area contributed by atoms with Gasteiger partial charge in [0.15, 0.2) is 9.84 Å². The molecular weight excluding hydrogens is 264 g/mol. The van der Waals surface area contributed by atoms with Crippen LogP contribution in [0.15, 0.2) is 30.3 Å². The summed E-state index contributed by atoms with van der Waals surface area (Å²) in [6.07, 6.45) is 0.640. The highest BCUT2D eigenvalue weighted by Gasteiger charge is 2.27. The van der Waals surface area contributed by atoms with Crippen molar-refractivity contribution < 1.29 is 13.2 Å². The lowest BCUT2D eigenvalue weighted by Crippen LogP contribution is -2.38. The number of carbonyl (C=O) groups is 1. The highest BCUT2D eigenvalue weighted by molar-refractivity contribution is 7.91. The van der Waals surface area contributed by atoms with Gasteiger partial charge >= 0.3 is 6.03 Å². The number of sulfone groups is 1. The van der Waals surface area contributed by atoms with E-state index in [9.17, 15) is 13.2 Å². The molecule has 2 rings (SSSR count). The molecule has 1 unspecified atom stereocenters. The summed E-state index contributed by atoms with van der Waals surface area (Å²) < 4.78 is 22.5. The second kappa shape index (κ2) is 6.06. The Morgan fingerprint density at radius 2 is 1.95 bits per heavy atom. The smallest absolute Gasteiger partial charge is 0.315 e. The van der Waals surface area contributed by atoms with Crippen molar-refractivity contribution in [2.75, 3.05) is 18.1 Å². The zero-order valence-corrected chi connectivity index (χ0v) is 11.4. The van der Waals surface area contributed by atoms with Crippen molar-refractivity contribution in [2.24, 2.45) is 5.92 Å². The van der Waals surface area contributed by atoms with E-state index in [2.05, 4.69) is 10.6 Å². The van der Waals surface area contributed by atoms with Crippen LogP contribution in [0.25, 0.3) is 0 Å². The Labute approximate surface area is 113 Å². The summed E-state index contributed by atoms with van der Waals surface area (Å²) in [4.78, 5) is 11.6. The van der Waals surface area contributed by atoms with Crippen LogP contribution in [0.3, 0.4) is 0 Å². The molecule has 104 valence electrons. The molecule has 0 radical (unpaired) electrons. The second-order valence-electron chi connectivity index (χ2n) is 4.82. The third-order valence-corrected chi connectivity index (χ3v) is 5.01. The van der Waals surface area contributed by atoms with Crippen LogP contribution in [0.1, 0.15) is 12.0 Å². The first kappa shape index (κ1) is 13.9. The largest absolute Gasteiger partial charge is 0.338 e. The first-order valence-electron chi connectivity index (χ1n) is 6.31. The summed E-state index contributed by atoms with van der Waals surface area (Å²) >= 11 is 0. The molecule has 2 amide bonds. The molecule has 1 aromatic rings. The molecule has 19 heavy (non-hydrogen) atoms. The summed E-state index contributed by atoms with van der Waals surface area (Å²) in [6.45, 7) is 0.884. The zero-order chi connectivity index (χ0) is 13.7. The Hall–Kier alpha value is -1.56. The normalized spacial score (nSPS) is 20.9. The van der Waals surface area contributed by atoms with E-state index in [4.69, 9.17) is 0 Å². The fourth-order valence-electron chi connectivity index (χ4n) is 2.11. The third kappa shape index (κ3) is 4.55. The molecule has 1 atom stereocenters. The number of nitrogens with one attached hydrogen (secondary N) is 2. The van der Waals surface area contributed by atoms with Gasteiger partial charge in [-0.15, -0.1) is 0 Å². The zero-order valence-electron chi connectivity index (χ0n) is 10.6. The molecule has 2 N–H and O–H groups in total. The van der Waals surface area contributed by atoms with Gasteiger partial charge in [0.2, 0.25) is 0 Å². The number of urea groups is 1. The van der Waals surface area contributed by atoms with Gasteiger partial charge in [-0.25, -0.2) is 13.2 Å². The molecule has 0 bridgehead atoms. The molecular formula is C13H18N2O3S. The van der Waals surface area contributed by atoms with Crippen LogP contribution in [0, 0.1) is 5.92 Å². The predicted octanol–water partition coefficient (Wildman–Crippen LogP) is 0.921. The van der Waals surface area contributed by atoms with Gasteiger partial charge in [-0.05, 0) is 17.9 Å². The quantitative estimate of drug-likeness (QED) is 0.862. The Morgan fingerprint density at radius 3 is 2.58 bits per heavy atom. The Kier molecular flexibility index (Phi) is 4.42. The monoisotopic (exact) mass is 282 g/mol. The van der Waals surface area contributed by atoms with Gasteiger partial charge in [0, 0.05) is 13.1 Å². The molecule has 0 aliphatic carbocycles. The maximum atomic E-state index is 11.6. The molecule has 0 aromatic heterocycles. The number of benzene rings is 1. The van der Waals surface area contributed by atoms with E-state index >= 15 is 0 Å². The van der Waals surface area contributed by atoms with E-state index < -0.39 is 9.84 Å². The van der Waals surface area contributed by atoms with Gasteiger partial charge < -0.3 is 10.6 Å². The van der Waals surface area contributed by atoms with Crippen LogP contribution in [0.2, 0.25) is 0 Å². The van der Waals surface area contributed by atoms with Gasteiger partial charge in [0.1, 0.15) is 0 Å². The Bertz CT molecular complexity index is 528. The number of carbonyl (C=O) groups excluding carboxylic acids is 1. The van der Waals surface area contributed by atoms with Crippen LogP contribution in [-0.2, 0) is 16.4 Å². The van der Waals surface area contributed by atoms with Crippen molar-refractivity contribution in [3.8, 4) is 0 Å². The van der Waals surface area contributed by atoms with Gasteiger partial charge in [0.25, 0.3) is 0 Å². The minimum absolute atomic E-state index is 0.0486. The van der Waals surface area contributed by atoms with E-state index in [-0.39, 0.29) is 23.5 Å². The van der Waals surface area contributed by atoms with Crippen molar-refractivity contribution in [1.82, 2.24) is 10.6 Å². The molecule has 0 spiro atoms. The fraction of sp³-hybridized carbons (Fsp3) is 0.462. The molecule has 1 fully saturated rings. The van der Waals surface area contributed by atoms with Crippen LogP contribution < -0.4 is 10.6 Å². The number of rotatable bonds is 4. The maximum Gasteiger partial charge on any atom is 0.315 e.